The van der Waals surface area contributed by atoms with Crippen LogP contribution in [-0.2, 0) is 4.79 Å². The van der Waals surface area contributed by atoms with Crippen LogP contribution < -0.4 is 4.74 Å². The average Bonchev–Trinajstić information content (AvgIpc) is 3.04. The molecule has 0 radical (unpaired) electrons. The molecule has 0 saturated heterocycles. The minimum absolute atomic E-state index is 0.183. The molecule has 1 saturated carbocycles. The third kappa shape index (κ3) is 3.37. The van der Waals surface area contributed by atoms with Crippen LogP contribution in [0.3, 0.4) is 0 Å². The molecule has 0 amide bonds. The average molecular weight is 310 g/mol. The summed E-state index contributed by atoms with van der Waals surface area (Å²) in [5.41, 5.74) is 2.82. The first-order valence-electron chi connectivity index (χ1n) is 7.39. The first-order valence-corrected chi connectivity index (χ1v) is 8.27. The van der Waals surface area contributed by atoms with Crippen molar-refractivity contribution in [1.82, 2.24) is 0 Å². The predicted octanol–water partition coefficient (Wildman–Crippen LogP) is 4.98. The fraction of sp³-hybridized carbons (Fsp3) is 0.211. The molecule has 1 aliphatic rings. The number of ketones is 1. The first-order chi connectivity index (χ1) is 10.8. The van der Waals surface area contributed by atoms with Gasteiger partial charge in [-0.25, -0.2) is 0 Å². The standard InChI is InChI=1S/C19H18O2S/c1-21-17-8-2-5-14(12-17)11-15-6-3-7-16(19(15)20)13-18-9-4-10-22-18/h2,4-5,8-13H,3,6-7H2,1H3/b15-11+,16-13-. The topological polar surface area (TPSA) is 26.3 Å². The Bertz CT molecular complexity index is 724. The van der Waals surface area contributed by atoms with Gasteiger partial charge in [0.25, 0.3) is 0 Å². The van der Waals surface area contributed by atoms with E-state index in [1.165, 1.54) is 0 Å². The van der Waals surface area contributed by atoms with Crippen LogP contribution in [0.1, 0.15) is 29.7 Å². The van der Waals surface area contributed by atoms with Gasteiger partial charge in [-0.2, -0.15) is 0 Å². The number of carbonyl (C=O) groups excluding carboxylic acids is 1. The molecule has 3 rings (SSSR count). The number of rotatable bonds is 3. The van der Waals surface area contributed by atoms with Gasteiger partial charge in [0.1, 0.15) is 5.75 Å². The molecule has 112 valence electrons. The lowest BCUT2D eigenvalue weighted by Gasteiger charge is -2.16. The molecular formula is C19H18O2S. The van der Waals surface area contributed by atoms with Crippen molar-refractivity contribution in [2.24, 2.45) is 0 Å². The summed E-state index contributed by atoms with van der Waals surface area (Å²) in [7, 11) is 1.65. The van der Waals surface area contributed by atoms with Gasteiger partial charge in [-0.1, -0.05) is 18.2 Å². The Kier molecular flexibility index (Phi) is 4.54. The molecule has 0 atom stereocenters. The highest BCUT2D eigenvalue weighted by atomic mass is 32.1. The van der Waals surface area contributed by atoms with Gasteiger partial charge in [0.15, 0.2) is 5.78 Å². The summed E-state index contributed by atoms with van der Waals surface area (Å²) in [6.07, 6.45) is 6.76. The third-order valence-electron chi connectivity index (χ3n) is 3.77. The number of benzene rings is 1. The van der Waals surface area contributed by atoms with E-state index < -0.39 is 0 Å². The van der Waals surface area contributed by atoms with E-state index in [1.54, 1.807) is 18.4 Å². The second-order valence-corrected chi connectivity index (χ2v) is 6.29. The summed E-state index contributed by atoms with van der Waals surface area (Å²) in [4.78, 5) is 13.8. The number of thiophene rings is 1. The lowest BCUT2D eigenvalue weighted by atomic mass is 9.87. The zero-order valence-corrected chi connectivity index (χ0v) is 13.4. The van der Waals surface area contributed by atoms with E-state index in [9.17, 15) is 4.79 Å². The van der Waals surface area contributed by atoms with E-state index in [4.69, 9.17) is 4.74 Å². The molecule has 1 aliphatic carbocycles. The third-order valence-corrected chi connectivity index (χ3v) is 4.59. The number of allylic oxidation sites excluding steroid dienone is 2. The van der Waals surface area contributed by atoms with Crippen LogP contribution in [0.4, 0.5) is 0 Å². The van der Waals surface area contributed by atoms with Crippen LogP contribution in [0.5, 0.6) is 5.75 Å². The number of ether oxygens (including phenoxy) is 1. The molecule has 0 N–H and O–H groups in total. The zero-order chi connectivity index (χ0) is 15.4. The Hall–Kier alpha value is -2.13. The summed E-state index contributed by atoms with van der Waals surface area (Å²) < 4.78 is 5.24. The summed E-state index contributed by atoms with van der Waals surface area (Å²) >= 11 is 1.66. The molecule has 0 spiro atoms. The Morgan fingerprint density at radius 1 is 1.09 bits per heavy atom. The monoisotopic (exact) mass is 310 g/mol. The minimum atomic E-state index is 0.183. The zero-order valence-electron chi connectivity index (χ0n) is 12.5. The molecule has 22 heavy (non-hydrogen) atoms. The minimum Gasteiger partial charge on any atom is -0.497 e. The molecular weight excluding hydrogens is 292 g/mol. The fourth-order valence-electron chi connectivity index (χ4n) is 2.66. The van der Waals surface area contributed by atoms with Crippen LogP contribution in [0, 0.1) is 0 Å². The van der Waals surface area contributed by atoms with Crippen LogP contribution in [0.25, 0.3) is 12.2 Å². The summed E-state index contributed by atoms with van der Waals surface area (Å²) in [5.74, 6) is 0.995. The van der Waals surface area contributed by atoms with E-state index in [0.29, 0.717) is 0 Å². The van der Waals surface area contributed by atoms with Gasteiger partial charge in [0, 0.05) is 16.0 Å². The van der Waals surface area contributed by atoms with Crippen molar-refractivity contribution in [1.29, 1.82) is 0 Å². The van der Waals surface area contributed by atoms with Gasteiger partial charge >= 0.3 is 0 Å². The van der Waals surface area contributed by atoms with E-state index >= 15 is 0 Å². The summed E-state index contributed by atoms with van der Waals surface area (Å²) in [6, 6.07) is 11.9. The van der Waals surface area contributed by atoms with Crippen molar-refractivity contribution in [3.05, 3.63) is 63.4 Å². The van der Waals surface area contributed by atoms with Gasteiger partial charge < -0.3 is 4.74 Å². The van der Waals surface area contributed by atoms with E-state index in [2.05, 4.69) is 0 Å². The van der Waals surface area contributed by atoms with Gasteiger partial charge in [-0.3, -0.25) is 4.79 Å². The van der Waals surface area contributed by atoms with Crippen molar-refractivity contribution < 1.29 is 9.53 Å². The SMILES string of the molecule is COc1cccc(/C=C2\CCC/C(=C/c3cccs3)C2=O)c1. The molecule has 2 nitrogen and oxygen atoms in total. The number of methoxy groups -OCH3 is 1. The van der Waals surface area contributed by atoms with Crippen molar-refractivity contribution in [3.8, 4) is 5.75 Å². The van der Waals surface area contributed by atoms with Crippen molar-refractivity contribution in [2.75, 3.05) is 7.11 Å². The quantitative estimate of drug-likeness (QED) is 0.748. The molecule has 0 unspecified atom stereocenters. The first kappa shape index (κ1) is 14.8. The number of hydrogen-bond acceptors (Lipinski definition) is 3. The lowest BCUT2D eigenvalue weighted by molar-refractivity contribution is -0.112. The molecule has 1 aromatic heterocycles. The second-order valence-electron chi connectivity index (χ2n) is 5.31. The fourth-order valence-corrected chi connectivity index (χ4v) is 3.34. The van der Waals surface area contributed by atoms with Crippen LogP contribution in [0.15, 0.2) is 52.9 Å². The number of carbonyl (C=O) groups is 1. The molecule has 1 heterocycles. The van der Waals surface area contributed by atoms with E-state index in [0.717, 1.165) is 46.6 Å². The van der Waals surface area contributed by atoms with Gasteiger partial charge in [-0.05, 0) is 60.6 Å². The maximum atomic E-state index is 12.6. The van der Waals surface area contributed by atoms with E-state index in [-0.39, 0.29) is 5.78 Å². The van der Waals surface area contributed by atoms with Crippen LogP contribution in [-0.4, -0.2) is 12.9 Å². The summed E-state index contributed by atoms with van der Waals surface area (Å²) in [6.45, 7) is 0. The van der Waals surface area contributed by atoms with Crippen LogP contribution >= 0.6 is 11.3 Å². The highest BCUT2D eigenvalue weighted by Gasteiger charge is 2.20. The van der Waals surface area contributed by atoms with Gasteiger partial charge in [-0.15, -0.1) is 11.3 Å². The van der Waals surface area contributed by atoms with Crippen molar-refractivity contribution in [3.63, 3.8) is 0 Å². The van der Waals surface area contributed by atoms with Gasteiger partial charge in [0.05, 0.1) is 7.11 Å². The molecule has 2 aromatic rings. The maximum Gasteiger partial charge on any atom is 0.185 e. The number of Topliss-reactive ketones (excluding diaryl/α,β-unsaturated/α-hetero) is 1. The lowest BCUT2D eigenvalue weighted by Crippen LogP contribution is -2.12. The van der Waals surface area contributed by atoms with Crippen molar-refractivity contribution in [2.45, 2.75) is 19.3 Å². The highest BCUT2D eigenvalue weighted by molar-refractivity contribution is 7.10. The Balaban J connectivity index is 1.87. The molecule has 1 fully saturated rings. The van der Waals surface area contributed by atoms with E-state index in [1.807, 2.05) is 53.9 Å². The van der Waals surface area contributed by atoms with Crippen LogP contribution in [0.2, 0.25) is 0 Å². The molecule has 1 aromatic carbocycles. The number of hydrogen-bond donors (Lipinski definition) is 0. The largest absolute Gasteiger partial charge is 0.497 e. The molecule has 0 bridgehead atoms. The smallest absolute Gasteiger partial charge is 0.185 e. The summed E-state index contributed by atoms with van der Waals surface area (Å²) in [5, 5.41) is 2.03. The normalized spacial score (nSPS) is 18.9. The van der Waals surface area contributed by atoms with Crippen molar-refractivity contribution >= 4 is 29.3 Å². The van der Waals surface area contributed by atoms with Gasteiger partial charge in [0.2, 0.25) is 0 Å². The predicted molar refractivity (Wildman–Crippen MR) is 92.1 cm³/mol. The Morgan fingerprint density at radius 3 is 2.64 bits per heavy atom. The second kappa shape index (κ2) is 6.75. The Morgan fingerprint density at radius 2 is 1.91 bits per heavy atom. The molecule has 3 heteroatoms. The molecule has 0 aliphatic heterocycles. The Labute approximate surface area is 134 Å². The highest BCUT2D eigenvalue weighted by Crippen LogP contribution is 2.29. The maximum absolute atomic E-state index is 12.6.